The van der Waals surface area contributed by atoms with Crippen LogP contribution in [0.3, 0.4) is 0 Å². The Hall–Kier alpha value is -1.87. The molecule has 1 aromatic carbocycles. The van der Waals surface area contributed by atoms with Crippen LogP contribution in [-0.2, 0) is 6.42 Å². The van der Waals surface area contributed by atoms with Crippen molar-refractivity contribution in [2.45, 2.75) is 41.0 Å². The van der Waals surface area contributed by atoms with E-state index in [-0.39, 0.29) is 5.78 Å². The van der Waals surface area contributed by atoms with Crippen LogP contribution in [0.25, 0.3) is 6.08 Å². The average Bonchev–Trinajstić information content (AvgIpc) is 2.82. The number of aromatic hydroxyl groups is 1. The molecule has 1 N–H and O–H groups in total. The van der Waals surface area contributed by atoms with E-state index in [9.17, 15) is 9.90 Å². The largest absolute Gasteiger partial charge is 0.507 e. The van der Waals surface area contributed by atoms with Crippen molar-refractivity contribution in [1.29, 1.82) is 0 Å². The predicted molar refractivity (Wildman–Crippen MR) is 98.5 cm³/mol. The molecule has 122 valence electrons. The molecule has 2 nitrogen and oxygen atoms in total. The van der Waals surface area contributed by atoms with Crippen molar-refractivity contribution < 1.29 is 9.90 Å². The maximum atomic E-state index is 12.4. The van der Waals surface area contributed by atoms with Crippen LogP contribution in [0.15, 0.2) is 23.6 Å². The highest BCUT2D eigenvalue weighted by molar-refractivity contribution is 7.12. The zero-order valence-corrected chi connectivity index (χ0v) is 15.3. The van der Waals surface area contributed by atoms with Crippen molar-refractivity contribution in [2.75, 3.05) is 0 Å². The molecule has 2 aromatic rings. The standard InChI is InChI=1S/C20H24O2S/c1-12(2)8-17-11-23-20(15(17)5)18(21)7-6-16-9-13(3)19(22)14(4)10-16/h6-7,9-12,22H,8H2,1-5H3/b7-6+. The average molecular weight is 328 g/mol. The maximum absolute atomic E-state index is 12.4. The molecule has 0 aliphatic carbocycles. The number of carbonyl (C=O) groups excluding carboxylic acids is 1. The van der Waals surface area contributed by atoms with Crippen LogP contribution in [0.2, 0.25) is 0 Å². The van der Waals surface area contributed by atoms with Gasteiger partial charge >= 0.3 is 0 Å². The van der Waals surface area contributed by atoms with E-state index in [2.05, 4.69) is 19.2 Å². The summed E-state index contributed by atoms with van der Waals surface area (Å²) in [5.74, 6) is 0.955. The molecular formula is C20H24O2S. The third-order valence-corrected chi connectivity index (χ3v) is 5.08. The molecule has 3 heteroatoms. The number of ketones is 1. The second kappa shape index (κ2) is 7.14. The van der Waals surface area contributed by atoms with Crippen LogP contribution in [0.4, 0.5) is 0 Å². The lowest BCUT2D eigenvalue weighted by molar-refractivity contribution is 0.105. The topological polar surface area (TPSA) is 37.3 Å². The number of aryl methyl sites for hydroxylation is 2. The normalized spacial score (nSPS) is 11.6. The molecule has 0 aliphatic rings. The molecule has 0 atom stereocenters. The Balaban J connectivity index is 2.21. The van der Waals surface area contributed by atoms with Gasteiger partial charge in [0, 0.05) is 0 Å². The van der Waals surface area contributed by atoms with Crippen molar-refractivity contribution in [2.24, 2.45) is 5.92 Å². The summed E-state index contributed by atoms with van der Waals surface area (Å²) in [6.45, 7) is 10.1. The van der Waals surface area contributed by atoms with Gasteiger partial charge in [0.1, 0.15) is 5.75 Å². The summed E-state index contributed by atoms with van der Waals surface area (Å²) in [6, 6.07) is 3.77. The van der Waals surface area contributed by atoms with Crippen LogP contribution >= 0.6 is 11.3 Å². The van der Waals surface area contributed by atoms with E-state index in [0.717, 1.165) is 33.6 Å². The number of allylic oxidation sites excluding steroid dienone is 1. The smallest absolute Gasteiger partial charge is 0.196 e. The Morgan fingerprint density at radius 1 is 1.22 bits per heavy atom. The molecule has 0 fully saturated rings. The molecule has 0 saturated heterocycles. The monoisotopic (exact) mass is 328 g/mol. The van der Waals surface area contributed by atoms with Gasteiger partial charge in [0.2, 0.25) is 0 Å². The van der Waals surface area contributed by atoms with E-state index in [4.69, 9.17) is 0 Å². The van der Waals surface area contributed by atoms with Gasteiger partial charge in [0.05, 0.1) is 4.88 Å². The zero-order chi connectivity index (χ0) is 17.1. The van der Waals surface area contributed by atoms with Gasteiger partial charge in [-0.2, -0.15) is 0 Å². The van der Waals surface area contributed by atoms with Crippen LogP contribution in [0.5, 0.6) is 5.75 Å². The summed E-state index contributed by atoms with van der Waals surface area (Å²) in [6.07, 6.45) is 4.46. The molecular weight excluding hydrogens is 304 g/mol. The van der Waals surface area contributed by atoms with Gasteiger partial charge in [0.25, 0.3) is 0 Å². The third-order valence-electron chi connectivity index (χ3n) is 3.93. The van der Waals surface area contributed by atoms with Crippen molar-refractivity contribution in [3.05, 3.63) is 56.3 Å². The Morgan fingerprint density at radius 3 is 2.39 bits per heavy atom. The number of carbonyl (C=O) groups is 1. The summed E-state index contributed by atoms with van der Waals surface area (Å²) < 4.78 is 0. The van der Waals surface area contributed by atoms with E-state index < -0.39 is 0 Å². The minimum Gasteiger partial charge on any atom is -0.507 e. The Kier molecular flexibility index (Phi) is 5.42. The lowest BCUT2D eigenvalue weighted by Crippen LogP contribution is -1.98. The number of benzene rings is 1. The SMILES string of the molecule is Cc1cc(/C=C/C(=O)c2scc(CC(C)C)c2C)cc(C)c1O. The summed E-state index contributed by atoms with van der Waals surface area (Å²) in [4.78, 5) is 13.3. The summed E-state index contributed by atoms with van der Waals surface area (Å²) in [7, 11) is 0. The summed E-state index contributed by atoms with van der Waals surface area (Å²) >= 11 is 1.53. The lowest BCUT2D eigenvalue weighted by atomic mass is 10.0. The number of hydrogen-bond acceptors (Lipinski definition) is 3. The predicted octanol–water partition coefficient (Wildman–Crippen LogP) is 5.47. The van der Waals surface area contributed by atoms with Crippen molar-refractivity contribution in [1.82, 2.24) is 0 Å². The Morgan fingerprint density at radius 2 is 1.83 bits per heavy atom. The number of rotatable bonds is 5. The molecule has 0 amide bonds. The number of phenols is 1. The van der Waals surface area contributed by atoms with Crippen LogP contribution in [0.1, 0.15) is 51.3 Å². The van der Waals surface area contributed by atoms with Crippen LogP contribution in [0, 0.1) is 26.7 Å². The van der Waals surface area contributed by atoms with E-state index >= 15 is 0 Å². The molecule has 2 rings (SSSR count). The summed E-state index contributed by atoms with van der Waals surface area (Å²) in [5, 5.41) is 11.9. The molecule has 1 heterocycles. The Bertz CT molecular complexity index is 728. The minimum absolute atomic E-state index is 0.0471. The number of thiophene rings is 1. The van der Waals surface area contributed by atoms with E-state index in [1.165, 1.54) is 16.9 Å². The lowest BCUT2D eigenvalue weighted by Gasteiger charge is -2.05. The van der Waals surface area contributed by atoms with Gasteiger partial charge in [-0.15, -0.1) is 11.3 Å². The van der Waals surface area contributed by atoms with E-state index in [1.807, 2.05) is 39.0 Å². The van der Waals surface area contributed by atoms with E-state index in [1.54, 1.807) is 6.08 Å². The fraction of sp³-hybridized carbons (Fsp3) is 0.350. The molecule has 1 aromatic heterocycles. The number of hydrogen-bond donors (Lipinski definition) is 1. The van der Waals surface area contributed by atoms with Gasteiger partial charge < -0.3 is 5.11 Å². The highest BCUT2D eigenvalue weighted by Gasteiger charge is 2.13. The highest BCUT2D eigenvalue weighted by atomic mass is 32.1. The van der Waals surface area contributed by atoms with Crippen LogP contribution in [-0.4, -0.2) is 10.9 Å². The first-order valence-corrected chi connectivity index (χ1v) is 8.77. The van der Waals surface area contributed by atoms with Gasteiger partial charge in [-0.3, -0.25) is 4.79 Å². The second-order valence-electron chi connectivity index (χ2n) is 6.51. The molecule has 0 unspecified atom stereocenters. The van der Waals surface area contributed by atoms with Gasteiger partial charge in [-0.25, -0.2) is 0 Å². The first kappa shape index (κ1) is 17.5. The quantitative estimate of drug-likeness (QED) is 0.583. The third kappa shape index (κ3) is 4.11. The summed E-state index contributed by atoms with van der Waals surface area (Å²) in [5.41, 5.74) is 4.96. The number of phenolic OH excluding ortho intramolecular Hbond substituents is 1. The van der Waals surface area contributed by atoms with Crippen molar-refractivity contribution >= 4 is 23.2 Å². The van der Waals surface area contributed by atoms with Crippen LogP contribution < -0.4 is 0 Å². The first-order chi connectivity index (χ1) is 10.8. The molecule has 0 spiro atoms. The molecule has 0 saturated carbocycles. The molecule has 23 heavy (non-hydrogen) atoms. The first-order valence-electron chi connectivity index (χ1n) is 7.89. The fourth-order valence-corrected chi connectivity index (χ4v) is 3.69. The molecule has 0 aliphatic heterocycles. The minimum atomic E-state index is 0.0471. The Labute approximate surface area is 142 Å². The van der Waals surface area contributed by atoms with Gasteiger partial charge in [0.15, 0.2) is 5.78 Å². The second-order valence-corrected chi connectivity index (χ2v) is 7.39. The van der Waals surface area contributed by atoms with Crippen molar-refractivity contribution in [3.8, 4) is 5.75 Å². The fourth-order valence-electron chi connectivity index (χ4n) is 2.67. The zero-order valence-electron chi connectivity index (χ0n) is 14.4. The van der Waals surface area contributed by atoms with Gasteiger partial charge in [-0.05, 0) is 84.5 Å². The van der Waals surface area contributed by atoms with E-state index in [0.29, 0.717) is 11.7 Å². The highest BCUT2D eigenvalue weighted by Crippen LogP contribution is 2.26. The van der Waals surface area contributed by atoms with Gasteiger partial charge in [-0.1, -0.05) is 19.9 Å². The molecule has 0 radical (unpaired) electrons. The maximum Gasteiger partial charge on any atom is 0.196 e. The molecule has 0 bridgehead atoms. The van der Waals surface area contributed by atoms with Crippen molar-refractivity contribution in [3.63, 3.8) is 0 Å².